The highest BCUT2D eigenvalue weighted by atomic mass is 32.2. The summed E-state index contributed by atoms with van der Waals surface area (Å²) in [5.41, 5.74) is 2.17. The lowest BCUT2D eigenvalue weighted by Crippen LogP contribution is -2.54. The van der Waals surface area contributed by atoms with Gasteiger partial charge in [-0.25, -0.2) is 4.99 Å². The summed E-state index contributed by atoms with van der Waals surface area (Å²) in [4.78, 5) is 12.5. The average Bonchev–Trinajstić information content (AvgIpc) is 2.99. The maximum atomic E-state index is 8.87. The van der Waals surface area contributed by atoms with E-state index >= 15 is 0 Å². The molecule has 0 spiro atoms. The average molecular weight is 458 g/mol. The smallest absolute Gasteiger partial charge is 0.137 e. The van der Waals surface area contributed by atoms with Crippen LogP contribution in [0.3, 0.4) is 0 Å². The maximum absolute atomic E-state index is 8.87. The molecule has 3 rings (SSSR count). The van der Waals surface area contributed by atoms with Gasteiger partial charge in [0.05, 0.1) is 25.5 Å². The minimum Gasteiger partial charge on any atom is -0.394 e. The van der Waals surface area contributed by atoms with E-state index in [2.05, 4.69) is 59.7 Å². The fraction of sp³-hybridized carbons (Fsp3) is 0.500. The Hall–Kier alpha value is -1.86. The highest BCUT2D eigenvalue weighted by Crippen LogP contribution is 2.38. The predicted octanol–water partition coefficient (Wildman–Crippen LogP) is 4.94. The van der Waals surface area contributed by atoms with Gasteiger partial charge in [0.2, 0.25) is 0 Å². The van der Waals surface area contributed by atoms with E-state index < -0.39 is 0 Å². The quantitative estimate of drug-likeness (QED) is 0.442. The van der Waals surface area contributed by atoms with Crippen LogP contribution < -0.4 is 0 Å². The molecule has 1 aromatic rings. The Labute approximate surface area is 198 Å². The van der Waals surface area contributed by atoms with Gasteiger partial charge < -0.3 is 14.7 Å². The summed E-state index contributed by atoms with van der Waals surface area (Å²) in [5, 5.41) is 8.87. The van der Waals surface area contributed by atoms with Crippen LogP contribution in [0.5, 0.6) is 0 Å². The number of ether oxygens (including phenoxy) is 1. The lowest BCUT2D eigenvalue weighted by molar-refractivity contribution is 0.0489. The Morgan fingerprint density at radius 1 is 1.25 bits per heavy atom. The van der Waals surface area contributed by atoms with Gasteiger partial charge >= 0.3 is 0 Å². The van der Waals surface area contributed by atoms with Gasteiger partial charge in [-0.3, -0.25) is 4.90 Å². The molecule has 0 saturated carbocycles. The zero-order valence-electron chi connectivity index (χ0n) is 20.1. The largest absolute Gasteiger partial charge is 0.394 e. The molecule has 32 heavy (non-hydrogen) atoms. The van der Waals surface area contributed by atoms with Crippen molar-refractivity contribution in [3.8, 4) is 0 Å². The first kappa shape index (κ1) is 26.4. The van der Waals surface area contributed by atoms with E-state index in [0.29, 0.717) is 19.3 Å². The van der Waals surface area contributed by atoms with Gasteiger partial charge in [0.25, 0.3) is 0 Å². The zero-order chi connectivity index (χ0) is 23.3. The molecule has 176 valence electrons. The fourth-order valence-electron chi connectivity index (χ4n) is 3.80. The Kier molecular flexibility index (Phi) is 11.8. The van der Waals surface area contributed by atoms with Crippen molar-refractivity contribution in [2.45, 2.75) is 45.1 Å². The Morgan fingerprint density at radius 2 is 2.03 bits per heavy atom. The fourth-order valence-corrected chi connectivity index (χ4v) is 4.90. The molecule has 0 unspecified atom stereocenters. The van der Waals surface area contributed by atoms with Gasteiger partial charge in [0.15, 0.2) is 0 Å². The second-order valence-corrected chi connectivity index (χ2v) is 8.62. The normalized spacial score (nSPS) is 19.2. The van der Waals surface area contributed by atoms with Crippen LogP contribution >= 0.6 is 11.8 Å². The maximum Gasteiger partial charge on any atom is 0.137 e. The number of thioether (sulfide) groups is 1. The number of benzene rings is 1. The number of piperazine rings is 1. The molecule has 2 heterocycles. The number of allylic oxidation sites excluding steroid dienone is 4. The van der Waals surface area contributed by atoms with Crippen molar-refractivity contribution < 1.29 is 9.84 Å². The van der Waals surface area contributed by atoms with E-state index in [1.807, 2.05) is 26.8 Å². The van der Waals surface area contributed by atoms with Gasteiger partial charge in [-0.15, -0.1) is 0 Å². The number of aliphatic hydroxyl groups excluding tert-OH is 1. The molecule has 0 aromatic heterocycles. The summed E-state index contributed by atoms with van der Waals surface area (Å²) < 4.78 is 5.46. The minimum atomic E-state index is 0.0791. The molecule has 6 heteroatoms. The van der Waals surface area contributed by atoms with Crippen LogP contribution in [0.15, 0.2) is 69.6 Å². The standard InChI is InChI=1S/C24H33N3O2S.C2H6/c1-4-6-10-23-21(5-2)25-24(20-9-7-8-11-22(20)30-23)27-13-12-26(19(3)18-27)14-16-29-17-15-28;1-2/h4-9,11,19,28H,2,10,12-18H2,1,3H3;1-2H3/b6-4-;/t19-;/m1./s1. The number of aliphatic imine (C=N–C) groups is 1. The molecule has 0 amide bonds. The third-order valence-electron chi connectivity index (χ3n) is 5.43. The molecule has 1 fully saturated rings. The van der Waals surface area contributed by atoms with Gasteiger partial charge in [-0.05, 0) is 32.4 Å². The second kappa shape index (κ2) is 14.3. The van der Waals surface area contributed by atoms with E-state index in [1.54, 1.807) is 11.8 Å². The molecule has 0 bridgehead atoms. The van der Waals surface area contributed by atoms with Gasteiger partial charge in [0.1, 0.15) is 5.84 Å². The molecule has 1 aromatic carbocycles. The number of nitrogens with zero attached hydrogens (tertiary/aromatic N) is 3. The number of fused-ring (bicyclic) bond motifs is 1. The predicted molar refractivity (Wildman–Crippen MR) is 137 cm³/mol. The molecular formula is C26H39N3O2S. The summed E-state index contributed by atoms with van der Waals surface area (Å²) in [7, 11) is 0. The molecule has 1 saturated heterocycles. The summed E-state index contributed by atoms with van der Waals surface area (Å²) in [6, 6.07) is 8.97. The molecule has 2 aliphatic rings. The SMILES string of the molecule is C=CC1=C(C/C=C\C)Sc2ccccc2C(N2CCN(CCOCCO)[C@H](C)C2)=N1.CC. The minimum absolute atomic E-state index is 0.0791. The van der Waals surface area contributed by atoms with E-state index in [-0.39, 0.29) is 6.61 Å². The molecular weight excluding hydrogens is 418 g/mol. The molecule has 1 atom stereocenters. The van der Waals surface area contributed by atoms with E-state index in [9.17, 15) is 0 Å². The number of hydrogen-bond acceptors (Lipinski definition) is 6. The monoisotopic (exact) mass is 457 g/mol. The lowest BCUT2D eigenvalue weighted by Gasteiger charge is -2.41. The van der Waals surface area contributed by atoms with Crippen molar-refractivity contribution in [3.63, 3.8) is 0 Å². The Balaban J connectivity index is 0.00000176. The number of amidine groups is 1. The van der Waals surface area contributed by atoms with E-state index in [1.165, 1.54) is 15.4 Å². The first-order chi connectivity index (χ1) is 15.7. The van der Waals surface area contributed by atoms with Crippen LogP contribution in [0.4, 0.5) is 0 Å². The van der Waals surface area contributed by atoms with Crippen LogP contribution in [0, 0.1) is 0 Å². The summed E-state index contributed by atoms with van der Waals surface area (Å²) in [6.07, 6.45) is 7.01. The van der Waals surface area contributed by atoms with Crippen molar-refractivity contribution in [2.75, 3.05) is 46.0 Å². The van der Waals surface area contributed by atoms with Gasteiger partial charge in [0, 0.05) is 47.6 Å². The van der Waals surface area contributed by atoms with Crippen LogP contribution in [0.2, 0.25) is 0 Å². The van der Waals surface area contributed by atoms with Crippen molar-refractivity contribution in [1.29, 1.82) is 0 Å². The molecule has 1 N–H and O–H groups in total. The van der Waals surface area contributed by atoms with E-state index in [0.717, 1.165) is 44.1 Å². The topological polar surface area (TPSA) is 48.3 Å². The number of aliphatic hydroxyl groups is 1. The van der Waals surface area contributed by atoms with Crippen molar-refractivity contribution in [2.24, 2.45) is 4.99 Å². The zero-order valence-corrected chi connectivity index (χ0v) is 20.9. The first-order valence-electron chi connectivity index (χ1n) is 11.7. The summed E-state index contributed by atoms with van der Waals surface area (Å²) in [5.74, 6) is 1.05. The summed E-state index contributed by atoms with van der Waals surface area (Å²) in [6.45, 7) is 17.2. The van der Waals surface area contributed by atoms with Crippen molar-refractivity contribution >= 4 is 17.6 Å². The highest BCUT2D eigenvalue weighted by Gasteiger charge is 2.28. The molecule has 5 nitrogen and oxygen atoms in total. The van der Waals surface area contributed by atoms with Crippen LogP contribution in [-0.4, -0.2) is 72.8 Å². The Bertz CT molecular complexity index is 819. The van der Waals surface area contributed by atoms with Gasteiger partial charge in [-0.2, -0.15) is 0 Å². The van der Waals surface area contributed by atoms with Crippen LogP contribution in [0.1, 0.15) is 39.7 Å². The number of hydrogen-bond donors (Lipinski definition) is 1. The van der Waals surface area contributed by atoms with Crippen molar-refractivity contribution in [3.05, 3.63) is 65.2 Å². The van der Waals surface area contributed by atoms with Crippen LogP contribution in [-0.2, 0) is 4.74 Å². The van der Waals surface area contributed by atoms with Gasteiger partial charge in [-0.1, -0.05) is 62.5 Å². The summed E-state index contributed by atoms with van der Waals surface area (Å²) >= 11 is 1.80. The van der Waals surface area contributed by atoms with Crippen LogP contribution in [0.25, 0.3) is 0 Å². The Morgan fingerprint density at radius 3 is 2.72 bits per heavy atom. The first-order valence-corrected chi connectivity index (χ1v) is 12.5. The molecule has 0 radical (unpaired) electrons. The lowest BCUT2D eigenvalue weighted by atomic mass is 10.1. The molecule has 0 aliphatic carbocycles. The third-order valence-corrected chi connectivity index (χ3v) is 6.63. The molecule has 2 aliphatic heterocycles. The van der Waals surface area contributed by atoms with Crippen molar-refractivity contribution in [1.82, 2.24) is 9.80 Å². The second-order valence-electron chi connectivity index (χ2n) is 7.49. The van der Waals surface area contributed by atoms with E-state index in [4.69, 9.17) is 14.8 Å². The number of rotatable bonds is 8. The third kappa shape index (κ3) is 7.07. The highest BCUT2D eigenvalue weighted by molar-refractivity contribution is 8.03.